The molecular weight excluding hydrogens is 152 g/mol. The topological polar surface area (TPSA) is 46.3 Å². The van der Waals surface area contributed by atoms with Gasteiger partial charge in [0, 0.05) is 6.54 Å². The summed E-state index contributed by atoms with van der Waals surface area (Å²) in [6, 6.07) is 0. The highest BCUT2D eigenvalue weighted by molar-refractivity contribution is 5.45. The lowest BCUT2D eigenvalue weighted by atomic mass is 9.87. The van der Waals surface area contributed by atoms with Gasteiger partial charge in [-0.25, -0.2) is 5.84 Å². The van der Waals surface area contributed by atoms with Gasteiger partial charge >= 0.3 is 0 Å². The van der Waals surface area contributed by atoms with Crippen molar-refractivity contribution in [3.8, 4) is 0 Å². The first-order chi connectivity index (χ1) is 5.83. The van der Waals surface area contributed by atoms with Crippen LogP contribution < -0.4 is 5.84 Å². The van der Waals surface area contributed by atoms with E-state index in [0.717, 1.165) is 12.3 Å². The number of carbonyl (C=O) groups excluding carboxylic acids is 1. The number of rotatable bonds is 4. The van der Waals surface area contributed by atoms with E-state index in [4.69, 9.17) is 5.84 Å². The third-order valence-electron chi connectivity index (χ3n) is 2.66. The van der Waals surface area contributed by atoms with Gasteiger partial charge in [0.05, 0.1) is 0 Å². The molecule has 1 amide bonds. The normalized spacial score (nSPS) is 19.1. The predicted molar refractivity (Wildman–Crippen MR) is 48.1 cm³/mol. The van der Waals surface area contributed by atoms with Crippen LogP contribution in [-0.2, 0) is 4.79 Å². The lowest BCUT2D eigenvalue weighted by molar-refractivity contribution is -0.118. The summed E-state index contributed by atoms with van der Waals surface area (Å²) >= 11 is 0. The highest BCUT2D eigenvalue weighted by Gasteiger charge is 2.13. The molecular formula is C9H18N2O. The van der Waals surface area contributed by atoms with Gasteiger partial charge in [0.25, 0.3) is 0 Å². The molecule has 0 radical (unpaired) electrons. The summed E-state index contributed by atoms with van der Waals surface area (Å²) in [5.74, 6) is 6.17. The first kappa shape index (κ1) is 9.52. The van der Waals surface area contributed by atoms with E-state index in [-0.39, 0.29) is 0 Å². The Morgan fingerprint density at radius 1 is 1.33 bits per heavy atom. The fourth-order valence-electron chi connectivity index (χ4n) is 1.86. The van der Waals surface area contributed by atoms with Gasteiger partial charge in [-0.05, 0) is 12.3 Å². The first-order valence-electron chi connectivity index (χ1n) is 4.79. The molecule has 70 valence electrons. The van der Waals surface area contributed by atoms with Crippen LogP contribution in [0.5, 0.6) is 0 Å². The molecule has 1 fully saturated rings. The van der Waals surface area contributed by atoms with Crippen molar-refractivity contribution in [3.63, 3.8) is 0 Å². The van der Waals surface area contributed by atoms with Crippen molar-refractivity contribution in [2.45, 2.75) is 38.5 Å². The maximum Gasteiger partial charge on any atom is 0.223 e. The molecule has 0 unspecified atom stereocenters. The van der Waals surface area contributed by atoms with Crippen LogP contribution in [0.25, 0.3) is 0 Å². The molecule has 3 nitrogen and oxygen atoms in total. The van der Waals surface area contributed by atoms with Crippen molar-refractivity contribution in [2.24, 2.45) is 11.8 Å². The Kier molecular flexibility index (Phi) is 4.08. The van der Waals surface area contributed by atoms with Gasteiger partial charge in [0.2, 0.25) is 6.41 Å². The second-order valence-corrected chi connectivity index (χ2v) is 3.64. The maximum absolute atomic E-state index is 10.2. The number of hydrazine groups is 1. The second kappa shape index (κ2) is 5.14. The zero-order valence-corrected chi connectivity index (χ0v) is 7.54. The third kappa shape index (κ3) is 3.22. The van der Waals surface area contributed by atoms with Crippen LogP contribution in [0.15, 0.2) is 0 Å². The van der Waals surface area contributed by atoms with Gasteiger partial charge in [-0.3, -0.25) is 9.80 Å². The monoisotopic (exact) mass is 170 g/mol. The predicted octanol–water partition coefficient (Wildman–Crippen LogP) is 1.29. The summed E-state index contributed by atoms with van der Waals surface area (Å²) in [5.41, 5.74) is 0. The highest BCUT2D eigenvalue weighted by Crippen LogP contribution is 2.25. The molecule has 0 bridgehead atoms. The van der Waals surface area contributed by atoms with Crippen LogP contribution in [0, 0.1) is 5.92 Å². The van der Waals surface area contributed by atoms with Crippen LogP contribution in [-0.4, -0.2) is 18.0 Å². The number of amides is 1. The Hall–Kier alpha value is -0.570. The third-order valence-corrected chi connectivity index (χ3v) is 2.66. The number of hydrogen-bond donors (Lipinski definition) is 1. The highest BCUT2D eigenvalue weighted by atomic mass is 16.1. The van der Waals surface area contributed by atoms with E-state index in [1.807, 2.05) is 0 Å². The molecule has 12 heavy (non-hydrogen) atoms. The zero-order chi connectivity index (χ0) is 8.81. The molecule has 0 aromatic rings. The van der Waals surface area contributed by atoms with Crippen LogP contribution in [0.1, 0.15) is 38.5 Å². The van der Waals surface area contributed by atoms with Crippen LogP contribution >= 0.6 is 0 Å². The summed E-state index contributed by atoms with van der Waals surface area (Å²) in [6.45, 7) is 0.716. The lowest BCUT2D eigenvalue weighted by Crippen LogP contribution is -2.31. The molecule has 0 atom stereocenters. The molecule has 0 heterocycles. The molecule has 0 aliphatic heterocycles. The summed E-state index contributed by atoms with van der Waals surface area (Å²) < 4.78 is 0. The Bertz CT molecular complexity index is 132. The van der Waals surface area contributed by atoms with Gasteiger partial charge in [-0.1, -0.05) is 32.1 Å². The Morgan fingerprint density at radius 3 is 2.58 bits per heavy atom. The molecule has 0 saturated heterocycles. The van der Waals surface area contributed by atoms with Crippen molar-refractivity contribution in [1.29, 1.82) is 0 Å². The summed E-state index contributed by atoms with van der Waals surface area (Å²) in [5, 5.41) is 1.24. The molecule has 0 aromatic heterocycles. The van der Waals surface area contributed by atoms with Gasteiger partial charge < -0.3 is 0 Å². The minimum absolute atomic E-state index is 0.697. The second-order valence-electron chi connectivity index (χ2n) is 3.64. The van der Waals surface area contributed by atoms with E-state index in [2.05, 4.69) is 0 Å². The van der Waals surface area contributed by atoms with Crippen LogP contribution in [0.2, 0.25) is 0 Å². The minimum Gasteiger partial charge on any atom is -0.283 e. The summed E-state index contributed by atoms with van der Waals surface area (Å²) in [6.07, 6.45) is 8.53. The molecule has 3 heteroatoms. The smallest absolute Gasteiger partial charge is 0.223 e. The van der Waals surface area contributed by atoms with E-state index >= 15 is 0 Å². The van der Waals surface area contributed by atoms with Crippen molar-refractivity contribution in [1.82, 2.24) is 5.01 Å². The summed E-state index contributed by atoms with van der Waals surface area (Å²) in [7, 11) is 0. The van der Waals surface area contributed by atoms with E-state index in [1.54, 1.807) is 0 Å². The largest absolute Gasteiger partial charge is 0.283 e. The molecule has 0 aromatic carbocycles. The maximum atomic E-state index is 10.2. The lowest BCUT2D eigenvalue weighted by Gasteiger charge is -2.22. The average molecular weight is 170 g/mol. The van der Waals surface area contributed by atoms with Crippen LogP contribution in [0.3, 0.4) is 0 Å². The number of nitrogens with two attached hydrogens (primary N) is 1. The van der Waals surface area contributed by atoms with Crippen molar-refractivity contribution < 1.29 is 4.79 Å². The van der Waals surface area contributed by atoms with Gasteiger partial charge in [-0.2, -0.15) is 0 Å². The number of hydrogen-bond acceptors (Lipinski definition) is 2. The van der Waals surface area contributed by atoms with Crippen LogP contribution in [0.4, 0.5) is 0 Å². The quantitative estimate of drug-likeness (QED) is 0.299. The molecule has 0 spiro atoms. The van der Waals surface area contributed by atoms with E-state index in [0.29, 0.717) is 13.0 Å². The fraction of sp³-hybridized carbons (Fsp3) is 0.889. The molecule has 1 rings (SSSR count). The van der Waals surface area contributed by atoms with Gasteiger partial charge in [0.1, 0.15) is 0 Å². The Morgan fingerprint density at radius 2 is 2.00 bits per heavy atom. The average Bonchev–Trinajstić information content (AvgIpc) is 2.16. The van der Waals surface area contributed by atoms with E-state index in [9.17, 15) is 4.79 Å². The molecule has 1 saturated carbocycles. The van der Waals surface area contributed by atoms with Crippen molar-refractivity contribution >= 4 is 6.41 Å². The molecule has 1 aliphatic carbocycles. The van der Waals surface area contributed by atoms with E-state index < -0.39 is 0 Å². The number of nitrogens with zero attached hydrogens (tertiary/aromatic N) is 1. The summed E-state index contributed by atoms with van der Waals surface area (Å²) in [4.78, 5) is 10.2. The first-order valence-corrected chi connectivity index (χ1v) is 4.79. The minimum atomic E-state index is 0.697. The Labute approximate surface area is 73.9 Å². The van der Waals surface area contributed by atoms with E-state index in [1.165, 1.54) is 37.1 Å². The van der Waals surface area contributed by atoms with Crippen molar-refractivity contribution in [3.05, 3.63) is 0 Å². The standard InChI is InChI=1S/C9H18N2O/c10-11(8-12)7-6-9-4-2-1-3-5-9/h8-9H,1-7,10H2. The van der Waals surface area contributed by atoms with Gasteiger partial charge in [-0.15, -0.1) is 0 Å². The molecule has 2 N–H and O–H groups in total. The fourth-order valence-corrected chi connectivity index (χ4v) is 1.86. The van der Waals surface area contributed by atoms with Crippen molar-refractivity contribution in [2.75, 3.05) is 6.54 Å². The zero-order valence-electron chi connectivity index (χ0n) is 7.54. The molecule has 1 aliphatic rings. The SMILES string of the molecule is NN(C=O)CCC1CCCCC1. The Balaban J connectivity index is 2.08. The van der Waals surface area contributed by atoms with Gasteiger partial charge in [0.15, 0.2) is 0 Å². The number of carbonyl (C=O) groups is 1.